The van der Waals surface area contributed by atoms with Crippen molar-refractivity contribution in [3.63, 3.8) is 0 Å². The summed E-state index contributed by atoms with van der Waals surface area (Å²) < 4.78 is 30.0. The summed E-state index contributed by atoms with van der Waals surface area (Å²) in [5, 5.41) is 9.24. The van der Waals surface area contributed by atoms with Crippen molar-refractivity contribution in [2.24, 2.45) is 12.2 Å². The average Bonchev–Trinajstić information content (AvgIpc) is 2.58. The van der Waals surface area contributed by atoms with Crippen molar-refractivity contribution in [3.8, 4) is 11.6 Å². The largest absolute Gasteiger partial charge is 0.438 e. The molecule has 19 heavy (non-hydrogen) atoms. The molecule has 0 amide bonds. The zero-order chi connectivity index (χ0) is 14.2. The average molecular weight is 282 g/mol. The van der Waals surface area contributed by atoms with Crippen molar-refractivity contribution in [1.82, 2.24) is 9.78 Å². The number of sulfonamides is 1. The standard InChI is InChI=1S/C11H14N4O3S/c1-7-5-11(15(2)14-7)18-9-4-3-8(12)6-10(9)19(13,16)17/h3-6H,12H2,1-2H3,(H2,13,16,17). The van der Waals surface area contributed by atoms with E-state index in [4.69, 9.17) is 15.6 Å². The van der Waals surface area contributed by atoms with Crippen LogP contribution in [-0.2, 0) is 17.1 Å². The minimum atomic E-state index is -3.92. The Balaban J connectivity index is 2.49. The summed E-state index contributed by atoms with van der Waals surface area (Å²) in [4.78, 5) is -0.161. The second-order valence-corrected chi connectivity index (χ2v) is 5.63. The van der Waals surface area contributed by atoms with E-state index in [1.54, 1.807) is 20.0 Å². The van der Waals surface area contributed by atoms with E-state index < -0.39 is 10.0 Å². The van der Waals surface area contributed by atoms with Crippen molar-refractivity contribution in [3.05, 3.63) is 30.0 Å². The molecule has 0 aliphatic rings. The van der Waals surface area contributed by atoms with Crippen LogP contribution in [0.3, 0.4) is 0 Å². The van der Waals surface area contributed by atoms with Crippen LogP contribution in [-0.4, -0.2) is 18.2 Å². The molecule has 8 heteroatoms. The first-order valence-electron chi connectivity index (χ1n) is 5.38. The number of nitrogens with two attached hydrogens (primary N) is 2. The molecule has 0 aliphatic heterocycles. The van der Waals surface area contributed by atoms with Crippen LogP contribution >= 0.6 is 0 Å². The van der Waals surface area contributed by atoms with Gasteiger partial charge >= 0.3 is 0 Å². The van der Waals surface area contributed by atoms with E-state index in [0.29, 0.717) is 5.88 Å². The van der Waals surface area contributed by atoms with Crippen LogP contribution in [0.5, 0.6) is 11.6 Å². The minimum absolute atomic E-state index is 0.111. The lowest BCUT2D eigenvalue weighted by Crippen LogP contribution is -2.14. The van der Waals surface area contributed by atoms with Crippen molar-refractivity contribution < 1.29 is 13.2 Å². The lowest BCUT2D eigenvalue weighted by Gasteiger charge is -2.10. The van der Waals surface area contributed by atoms with Crippen LogP contribution in [0.25, 0.3) is 0 Å². The number of nitrogen functional groups attached to an aromatic ring is 1. The summed E-state index contributed by atoms with van der Waals surface area (Å²) in [7, 11) is -2.23. The molecule has 0 bridgehead atoms. The molecule has 0 unspecified atom stereocenters. The summed E-state index contributed by atoms with van der Waals surface area (Å²) in [6, 6.07) is 5.93. The third-order valence-electron chi connectivity index (χ3n) is 2.45. The maximum Gasteiger partial charge on any atom is 0.241 e. The van der Waals surface area contributed by atoms with Gasteiger partial charge in [-0.25, -0.2) is 18.2 Å². The highest BCUT2D eigenvalue weighted by molar-refractivity contribution is 7.89. The normalized spacial score (nSPS) is 11.5. The predicted molar refractivity (Wildman–Crippen MR) is 70.2 cm³/mol. The fraction of sp³-hybridized carbons (Fsp3) is 0.182. The summed E-state index contributed by atoms with van der Waals surface area (Å²) >= 11 is 0. The van der Waals surface area contributed by atoms with Gasteiger partial charge in [-0.1, -0.05) is 0 Å². The first-order valence-corrected chi connectivity index (χ1v) is 6.93. The Labute approximate surface area is 110 Å². The second kappa shape index (κ2) is 4.56. The van der Waals surface area contributed by atoms with Gasteiger partial charge in [0.25, 0.3) is 0 Å². The lowest BCUT2D eigenvalue weighted by atomic mass is 10.3. The van der Waals surface area contributed by atoms with Crippen LogP contribution in [0.4, 0.5) is 5.69 Å². The Morgan fingerprint density at radius 1 is 1.32 bits per heavy atom. The van der Waals surface area contributed by atoms with Crippen LogP contribution < -0.4 is 15.6 Å². The number of benzene rings is 1. The molecule has 0 radical (unpaired) electrons. The van der Waals surface area contributed by atoms with E-state index in [9.17, 15) is 8.42 Å². The van der Waals surface area contributed by atoms with Crippen LogP contribution in [0.1, 0.15) is 5.69 Å². The monoisotopic (exact) mass is 282 g/mol. The maximum atomic E-state index is 11.5. The highest BCUT2D eigenvalue weighted by atomic mass is 32.2. The summed E-state index contributed by atoms with van der Waals surface area (Å²) in [6.45, 7) is 1.80. The number of rotatable bonds is 3. The van der Waals surface area contributed by atoms with Crippen molar-refractivity contribution in [2.45, 2.75) is 11.8 Å². The minimum Gasteiger partial charge on any atom is -0.438 e. The molecule has 0 saturated carbocycles. The SMILES string of the molecule is Cc1cc(Oc2ccc(N)cc2S(N)(=O)=O)n(C)n1. The van der Waals surface area contributed by atoms with Crippen molar-refractivity contribution in [2.75, 3.05) is 5.73 Å². The van der Waals surface area contributed by atoms with Crippen LogP contribution in [0, 0.1) is 6.92 Å². The summed E-state index contributed by atoms with van der Waals surface area (Å²) in [5.74, 6) is 0.520. The number of aryl methyl sites for hydroxylation is 2. The van der Waals surface area contributed by atoms with E-state index in [-0.39, 0.29) is 16.3 Å². The number of hydrogen-bond donors (Lipinski definition) is 2. The van der Waals surface area contributed by atoms with Crippen molar-refractivity contribution in [1.29, 1.82) is 0 Å². The second-order valence-electron chi connectivity index (χ2n) is 4.10. The molecule has 0 fully saturated rings. The molecule has 4 N–H and O–H groups in total. The van der Waals surface area contributed by atoms with Gasteiger partial charge in [-0.15, -0.1) is 0 Å². The number of nitrogens with zero attached hydrogens (tertiary/aromatic N) is 2. The third kappa shape index (κ3) is 2.85. The van der Waals surface area contributed by atoms with E-state index in [0.717, 1.165) is 5.69 Å². The van der Waals surface area contributed by atoms with E-state index in [2.05, 4.69) is 5.10 Å². The zero-order valence-corrected chi connectivity index (χ0v) is 11.3. The van der Waals surface area contributed by atoms with Gasteiger partial charge < -0.3 is 10.5 Å². The predicted octanol–water partition coefficient (Wildman–Crippen LogP) is 0.750. The van der Waals surface area contributed by atoms with Crippen LogP contribution in [0.15, 0.2) is 29.2 Å². The smallest absolute Gasteiger partial charge is 0.241 e. The Bertz CT molecular complexity index is 722. The first-order chi connectivity index (χ1) is 8.77. The molecule has 102 valence electrons. The van der Waals surface area contributed by atoms with Gasteiger partial charge in [0.1, 0.15) is 10.6 Å². The van der Waals surface area contributed by atoms with Gasteiger partial charge in [-0.2, -0.15) is 5.10 Å². The molecule has 0 aliphatic carbocycles. The first kappa shape index (κ1) is 13.4. The Morgan fingerprint density at radius 2 is 2.00 bits per heavy atom. The third-order valence-corrected chi connectivity index (χ3v) is 3.38. The Kier molecular flexibility index (Phi) is 3.21. The topological polar surface area (TPSA) is 113 Å². The summed E-state index contributed by atoms with van der Waals surface area (Å²) in [6.07, 6.45) is 0. The number of primary sulfonamides is 1. The molecule has 0 saturated heterocycles. The lowest BCUT2D eigenvalue weighted by molar-refractivity contribution is 0.420. The molecule has 1 heterocycles. The van der Waals surface area contributed by atoms with Gasteiger partial charge in [0, 0.05) is 18.8 Å². The number of aromatic nitrogens is 2. The highest BCUT2D eigenvalue weighted by Gasteiger charge is 2.17. The van der Waals surface area contributed by atoms with Gasteiger partial charge in [-0.3, -0.25) is 0 Å². The Hall–Kier alpha value is -2.06. The van der Waals surface area contributed by atoms with Gasteiger partial charge in [-0.05, 0) is 25.1 Å². The van der Waals surface area contributed by atoms with E-state index in [1.807, 2.05) is 0 Å². The Morgan fingerprint density at radius 3 is 2.53 bits per heavy atom. The van der Waals surface area contributed by atoms with Gasteiger partial charge in [0.05, 0.1) is 5.69 Å². The quantitative estimate of drug-likeness (QED) is 0.806. The fourth-order valence-electron chi connectivity index (χ4n) is 1.63. The molecular weight excluding hydrogens is 268 g/mol. The zero-order valence-electron chi connectivity index (χ0n) is 10.5. The van der Waals surface area contributed by atoms with E-state index >= 15 is 0 Å². The van der Waals surface area contributed by atoms with Crippen LogP contribution in [0.2, 0.25) is 0 Å². The molecule has 0 spiro atoms. The number of ether oxygens (including phenoxy) is 1. The molecule has 1 aromatic carbocycles. The summed E-state index contributed by atoms with van der Waals surface area (Å²) in [5.41, 5.74) is 6.60. The molecule has 7 nitrogen and oxygen atoms in total. The van der Waals surface area contributed by atoms with Gasteiger partial charge in [0.2, 0.25) is 15.9 Å². The molecule has 2 aromatic rings. The maximum absolute atomic E-state index is 11.5. The number of hydrogen-bond acceptors (Lipinski definition) is 5. The van der Waals surface area contributed by atoms with Crippen molar-refractivity contribution >= 4 is 15.7 Å². The molecular formula is C11H14N4O3S. The van der Waals surface area contributed by atoms with E-state index in [1.165, 1.54) is 22.9 Å². The highest BCUT2D eigenvalue weighted by Crippen LogP contribution is 2.29. The molecule has 0 atom stereocenters. The molecule has 1 aromatic heterocycles. The molecule has 2 rings (SSSR count). The number of anilines is 1. The fourth-order valence-corrected chi connectivity index (χ4v) is 2.32. The van der Waals surface area contributed by atoms with Gasteiger partial charge in [0.15, 0.2) is 0 Å².